The van der Waals surface area contributed by atoms with Crippen LogP contribution in [-0.4, -0.2) is 45.8 Å². The third kappa shape index (κ3) is 5.31. The first-order valence-electron chi connectivity index (χ1n) is 6.38. The predicted octanol–water partition coefficient (Wildman–Crippen LogP) is 0.245. The van der Waals surface area contributed by atoms with E-state index in [0.29, 0.717) is 17.1 Å². The van der Waals surface area contributed by atoms with Gasteiger partial charge >= 0.3 is 12.0 Å². The summed E-state index contributed by atoms with van der Waals surface area (Å²) in [6.45, 7) is -0.528. The van der Waals surface area contributed by atoms with E-state index in [-0.39, 0.29) is 6.42 Å². The van der Waals surface area contributed by atoms with Crippen molar-refractivity contribution < 1.29 is 28.6 Å². The summed E-state index contributed by atoms with van der Waals surface area (Å²) in [4.78, 5) is 33.8. The molecule has 0 aromatic heterocycles. The quantitative estimate of drug-likeness (QED) is 0.730. The molecule has 0 fully saturated rings. The minimum absolute atomic E-state index is 0.0341. The van der Waals surface area contributed by atoms with Crippen molar-refractivity contribution in [1.82, 2.24) is 10.6 Å². The van der Waals surface area contributed by atoms with Gasteiger partial charge in [-0.3, -0.25) is 14.9 Å². The first kappa shape index (κ1) is 17.3. The lowest BCUT2D eigenvalue weighted by Crippen LogP contribution is -2.39. The fraction of sp³-hybridized carbons (Fsp3) is 0.357. The number of amides is 3. The Hall–Kier alpha value is -2.77. The molecular formula is C14H18N2O6. The van der Waals surface area contributed by atoms with Gasteiger partial charge in [0.15, 0.2) is 18.1 Å². The summed E-state index contributed by atoms with van der Waals surface area (Å²) in [5.74, 6) is -0.269. The van der Waals surface area contributed by atoms with Crippen LogP contribution >= 0.6 is 0 Å². The van der Waals surface area contributed by atoms with Crippen molar-refractivity contribution in [3.05, 3.63) is 23.8 Å². The molecule has 0 aliphatic rings. The zero-order chi connectivity index (χ0) is 16.5. The van der Waals surface area contributed by atoms with Crippen LogP contribution in [0, 0.1) is 0 Å². The maximum Gasteiger partial charge on any atom is 0.321 e. The van der Waals surface area contributed by atoms with Crippen molar-refractivity contribution in [3.63, 3.8) is 0 Å². The summed E-state index contributed by atoms with van der Waals surface area (Å²) in [5.41, 5.74) is 0.648. The predicted molar refractivity (Wildman–Crippen MR) is 76.8 cm³/mol. The van der Waals surface area contributed by atoms with Crippen LogP contribution in [0.3, 0.4) is 0 Å². The van der Waals surface area contributed by atoms with Gasteiger partial charge in [-0.2, -0.15) is 0 Å². The number of esters is 1. The van der Waals surface area contributed by atoms with E-state index in [1.54, 1.807) is 18.2 Å². The van der Waals surface area contributed by atoms with E-state index < -0.39 is 24.5 Å². The minimum Gasteiger partial charge on any atom is -0.493 e. The Morgan fingerprint density at radius 3 is 2.36 bits per heavy atom. The monoisotopic (exact) mass is 310 g/mol. The molecule has 0 bridgehead atoms. The van der Waals surface area contributed by atoms with Crippen molar-refractivity contribution in [2.45, 2.75) is 6.42 Å². The summed E-state index contributed by atoms with van der Waals surface area (Å²) in [5, 5.41) is 4.19. The summed E-state index contributed by atoms with van der Waals surface area (Å²) >= 11 is 0. The molecule has 8 heteroatoms. The molecule has 0 spiro atoms. The zero-order valence-corrected chi connectivity index (χ0v) is 12.6. The molecule has 0 radical (unpaired) electrons. The normalized spacial score (nSPS) is 9.59. The van der Waals surface area contributed by atoms with Crippen LogP contribution in [0.15, 0.2) is 18.2 Å². The van der Waals surface area contributed by atoms with Gasteiger partial charge in [-0.25, -0.2) is 4.79 Å². The van der Waals surface area contributed by atoms with Gasteiger partial charge in [-0.05, 0) is 17.7 Å². The maximum atomic E-state index is 11.7. The van der Waals surface area contributed by atoms with Gasteiger partial charge in [0.05, 0.1) is 20.6 Å². The highest BCUT2D eigenvalue weighted by molar-refractivity contribution is 5.95. The molecule has 8 nitrogen and oxygen atoms in total. The average molecular weight is 310 g/mol. The lowest BCUT2D eigenvalue weighted by molar-refractivity contribution is -0.147. The van der Waals surface area contributed by atoms with Crippen LogP contribution in [0.4, 0.5) is 4.79 Å². The fourth-order valence-electron chi connectivity index (χ4n) is 1.58. The van der Waals surface area contributed by atoms with Gasteiger partial charge in [0.2, 0.25) is 0 Å². The SMILES string of the molecule is CNC(=O)NC(=O)COC(=O)Cc1ccc(OC)c(OC)c1. The van der Waals surface area contributed by atoms with Crippen LogP contribution < -0.4 is 20.1 Å². The molecule has 0 atom stereocenters. The van der Waals surface area contributed by atoms with Crippen LogP contribution in [0.5, 0.6) is 11.5 Å². The van der Waals surface area contributed by atoms with Crippen molar-refractivity contribution >= 4 is 17.9 Å². The minimum atomic E-state index is -0.708. The Morgan fingerprint density at radius 2 is 1.77 bits per heavy atom. The van der Waals surface area contributed by atoms with E-state index in [2.05, 4.69) is 5.32 Å². The number of hydrogen-bond acceptors (Lipinski definition) is 6. The Morgan fingerprint density at radius 1 is 1.09 bits per heavy atom. The molecule has 2 N–H and O–H groups in total. The Balaban J connectivity index is 2.51. The van der Waals surface area contributed by atoms with E-state index in [1.165, 1.54) is 21.3 Å². The number of imide groups is 1. The molecule has 0 aliphatic heterocycles. The van der Waals surface area contributed by atoms with E-state index >= 15 is 0 Å². The second-order valence-corrected chi connectivity index (χ2v) is 4.15. The van der Waals surface area contributed by atoms with Gasteiger partial charge in [-0.1, -0.05) is 6.07 Å². The second-order valence-electron chi connectivity index (χ2n) is 4.15. The van der Waals surface area contributed by atoms with Gasteiger partial charge in [0.25, 0.3) is 5.91 Å². The molecule has 22 heavy (non-hydrogen) atoms. The Bertz CT molecular complexity index is 558. The molecule has 0 aliphatic carbocycles. The summed E-state index contributed by atoms with van der Waals surface area (Å²) in [6, 6.07) is 4.33. The van der Waals surface area contributed by atoms with Crippen molar-refractivity contribution in [3.8, 4) is 11.5 Å². The van der Waals surface area contributed by atoms with Crippen LogP contribution in [0.25, 0.3) is 0 Å². The first-order chi connectivity index (χ1) is 10.5. The molecule has 1 aromatic carbocycles. The third-order valence-electron chi connectivity index (χ3n) is 2.64. The highest BCUT2D eigenvalue weighted by Crippen LogP contribution is 2.27. The number of hydrogen-bond donors (Lipinski definition) is 2. The number of carbonyl (C=O) groups excluding carboxylic acids is 3. The van der Waals surface area contributed by atoms with Crippen molar-refractivity contribution in [2.75, 3.05) is 27.9 Å². The topological polar surface area (TPSA) is 103 Å². The number of benzene rings is 1. The average Bonchev–Trinajstić information content (AvgIpc) is 2.52. The van der Waals surface area contributed by atoms with Crippen molar-refractivity contribution in [2.24, 2.45) is 0 Å². The van der Waals surface area contributed by atoms with E-state index in [4.69, 9.17) is 14.2 Å². The Labute approximate surface area is 127 Å². The third-order valence-corrected chi connectivity index (χ3v) is 2.64. The lowest BCUT2D eigenvalue weighted by atomic mass is 10.1. The summed E-state index contributed by atoms with van der Waals surface area (Å²) < 4.78 is 15.0. The van der Waals surface area contributed by atoms with Gasteiger partial charge in [0, 0.05) is 7.05 Å². The van der Waals surface area contributed by atoms with Gasteiger partial charge in [0.1, 0.15) is 0 Å². The Kier molecular flexibility index (Phi) is 6.68. The number of rotatable bonds is 6. The molecule has 1 aromatic rings. The first-order valence-corrected chi connectivity index (χ1v) is 6.38. The summed E-state index contributed by atoms with van der Waals surface area (Å²) in [7, 11) is 4.37. The van der Waals surface area contributed by atoms with Gasteiger partial charge < -0.3 is 19.5 Å². The van der Waals surface area contributed by atoms with E-state index in [1.807, 2.05) is 5.32 Å². The lowest BCUT2D eigenvalue weighted by Gasteiger charge is -2.09. The largest absolute Gasteiger partial charge is 0.493 e. The second kappa shape index (κ2) is 8.50. The van der Waals surface area contributed by atoms with Crippen LogP contribution in [-0.2, 0) is 20.7 Å². The number of nitrogens with one attached hydrogen (secondary N) is 2. The number of urea groups is 1. The molecule has 3 amide bonds. The molecule has 1 rings (SSSR count). The molecule has 0 saturated heterocycles. The zero-order valence-electron chi connectivity index (χ0n) is 12.6. The standard InChI is InChI=1S/C14H18N2O6/c1-15-14(19)16-12(17)8-22-13(18)7-9-4-5-10(20-2)11(6-9)21-3/h4-6H,7-8H2,1-3H3,(H2,15,16,17,19). The molecule has 0 heterocycles. The number of ether oxygens (including phenoxy) is 3. The van der Waals surface area contributed by atoms with E-state index in [9.17, 15) is 14.4 Å². The fourth-order valence-corrected chi connectivity index (χ4v) is 1.58. The summed E-state index contributed by atoms with van der Waals surface area (Å²) in [6.07, 6.45) is -0.0341. The van der Waals surface area contributed by atoms with E-state index in [0.717, 1.165) is 0 Å². The molecular weight excluding hydrogens is 292 g/mol. The molecule has 0 saturated carbocycles. The smallest absolute Gasteiger partial charge is 0.321 e. The highest BCUT2D eigenvalue weighted by atomic mass is 16.5. The molecule has 0 unspecified atom stereocenters. The van der Waals surface area contributed by atoms with Gasteiger partial charge in [-0.15, -0.1) is 0 Å². The highest BCUT2D eigenvalue weighted by Gasteiger charge is 2.12. The number of carbonyl (C=O) groups is 3. The van der Waals surface area contributed by atoms with Crippen molar-refractivity contribution in [1.29, 1.82) is 0 Å². The van der Waals surface area contributed by atoms with Crippen LogP contribution in [0.2, 0.25) is 0 Å². The van der Waals surface area contributed by atoms with Crippen LogP contribution in [0.1, 0.15) is 5.56 Å². The maximum absolute atomic E-state index is 11.7. The number of methoxy groups -OCH3 is 2. The molecule has 120 valence electrons.